The average molecular weight is 323 g/mol. The van der Waals surface area contributed by atoms with Gasteiger partial charge in [0.2, 0.25) is 5.91 Å². The second kappa shape index (κ2) is 6.95. The Morgan fingerprint density at radius 3 is 2.54 bits per heavy atom. The van der Waals surface area contributed by atoms with Crippen LogP contribution in [0.2, 0.25) is 0 Å². The van der Waals surface area contributed by atoms with Crippen LogP contribution in [0.4, 0.5) is 11.4 Å². The third-order valence-electron chi connectivity index (χ3n) is 3.65. The van der Waals surface area contributed by atoms with Crippen LogP contribution in [0.15, 0.2) is 59.7 Å². The lowest BCUT2D eigenvalue weighted by Crippen LogP contribution is -2.36. The van der Waals surface area contributed by atoms with Crippen molar-refractivity contribution in [2.45, 2.75) is 12.8 Å². The van der Waals surface area contributed by atoms with E-state index in [-0.39, 0.29) is 18.2 Å². The molecule has 0 atom stereocenters. The molecule has 1 heterocycles. The molecule has 0 spiro atoms. The number of rotatable bonds is 4. The fourth-order valence-electron chi connectivity index (χ4n) is 2.43. The minimum absolute atomic E-state index is 0.130. The van der Waals surface area contributed by atoms with E-state index in [1.54, 1.807) is 37.4 Å². The maximum atomic E-state index is 12.5. The Morgan fingerprint density at radius 2 is 1.79 bits per heavy atom. The van der Waals surface area contributed by atoms with Gasteiger partial charge in [0, 0.05) is 12.8 Å². The van der Waals surface area contributed by atoms with E-state index < -0.39 is 0 Å². The van der Waals surface area contributed by atoms with Gasteiger partial charge in [-0.3, -0.25) is 9.59 Å². The van der Waals surface area contributed by atoms with Gasteiger partial charge in [0.05, 0.1) is 18.5 Å². The molecule has 6 heteroatoms. The second-order valence-electron chi connectivity index (χ2n) is 5.24. The zero-order chi connectivity index (χ0) is 16.9. The van der Waals surface area contributed by atoms with E-state index in [1.807, 2.05) is 24.3 Å². The highest BCUT2D eigenvalue weighted by Gasteiger charge is 2.25. The molecule has 2 aromatic rings. The van der Waals surface area contributed by atoms with Crippen LogP contribution >= 0.6 is 0 Å². The van der Waals surface area contributed by atoms with Gasteiger partial charge in [-0.15, -0.1) is 0 Å². The van der Waals surface area contributed by atoms with Gasteiger partial charge in [-0.25, -0.2) is 5.01 Å². The number of carbonyl (C=O) groups excluding carboxylic acids is 2. The molecule has 0 aliphatic carbocycles. The first-order valence-electron chi connectivity index (χ1n) is 7.59. The number of hydrogen-bond donors (Lipinski definition) is 1. The fourth-order valence-corrected chi connectivity index (χ4v) is 2.43. The number of nitrogens with zero attached hydrogens (tertiary/aromatic N) is 2. The van der Waals surface area contributed by atoms with E-state index in [0.29, 0.717) is 29.3 Å². The minimum Gasteiger partial charge on any atom is -0.495 e. The fraction of sp³-hybridized carbons (Fsp3) is 0.167. The molecule has 1 N–H and O–H groups in total. The molecule has 0 aromatic heterocycles. The summed E-state index contributed by atoms with van der Waals surface area (Å²) < 4.78 is 5.22. The Labute approximate surface area is 139 Å². The van der Waals surface area contributed by atoms with Crippen LogP contribution in [0.1, 0.15) is 12.8 Å². The molecule has 1 aliphatic rings. The summed E-state index contributed by atoms with van der Waals surface area (Å²) in [5.41, 5.74) is 1.52. The van der Waals surface area contributed by atoms with Crippen LogP contribution in [-0.2, 0) is 9.59 Å². The smallest absolute Gasteiger partial charge is 0.271 e. The molecule has 0 radical (unpaired) electrons. The number of benzene rings is 2. The Morgan fingerprint density at radius 1 is 1.08 bits per heavy atom. The van der Waals surface area contributed by atoms with Crippen molar-refractivity contribution < 1.29 is 14.3 Å². The summed E-state index contributed by atoms with van der Waals surface area (Å²) in [6.07, 6.45) is 0.552. The molecule has 0 unspecified atom stereocenters. The topological polar surface area (TPSA) is 71.0 Å². The quantitative estimate of drug-likeness (QED) is 0.940. The van der Waals surface area contributed by atoms with Crippen LogP contribution in [0.3, 0.4) is 0 Å². The molecule has 3 rings (SSSR count). The van der Waals surface area contributed by atoms with Crippen molar-refractivity contribution in [3.8, 4) is 5.75 Å². The summed E-state index contributed by atoms with van der Waals surface area (Å²) in [6, 6.07) is 16.2. The molecular weight excluding hydrogens is 306 g/mol. The average Bonchev–Trinajstić information content (AvgIpc) is 2.63. The maximum absolute atomic E-state index is 12.5. The molecule has 2 amide bonds. The van der Waals surface area contributed by atoms with Gasteiger partial charge in [-0.05, 0) is 24.3 Å². The SMILES string of the molecule is COc1ccccc1NC(=O)C1=NN(c2ccccc2)C(=O)CC1. The van der Waals surface area contributed by atoms with Crippen molar-refractivity contribution in [3.63, 3.8) is 0 Å². The molecule has 1 aliphatic heterocycles. The summed E-state index contributed by atoms with van der Waals surface area (Å²) in [7, 11) is 1.54. The first kappa shape index (κ1) is 15.7. The van der Waals surface area contributed by atoms with Crippen LogP contribution in [0.25, 0.3) is 0 Å². The number of methoxy groups -OCH3 is 1. The number of ether oxygens (including phenoxy) is 1. The monoisotopic (exact) mass is 323 g/mol. The van der Waals surface area contributed by atoms with Gasteiger partial charge < -0.3 is 10.1 Å². The van der Waals surface area contributed by atoms with E-state index in [0.717, 1.165) is 0 Å². The van der Waals surface area contributed by atoms with Crippen molar-refractivity contribution >= 4 is 28.9 Å². The predicted molar refractivity (Wildman–Crippen MR) is 92.2 cm³/mol. The Kier molecular flexibility index (Phi) is 4.56. The van der Waals surface area contributed by atoms with Gasteiger partial charge in [0.15, 0.2) is 0 Å². The predicted octanol–water partition coefficient (Wildman–Crippen LogP) is 2.82. The van der Waals surface area contributed by atoms with E-state index in [1.165, 1.54) is 5.01 Å². The number of anilines is 2. The lowest BCUT2D eigenvalue weighted by molar-refractivity contribution is -0.118. The van der Waals surface area contributed by atoms with Gasteiger partial charge in [-0.1, -0.05) is 30.3 Å². The van der Waals surface area contributed by atoms with Crippen LogP contribution in [-0.4, -0.2) is 24.6 Å². The first-order chi connectivity index (χ1) is 11.7. The number of para-hydroxylation sites is 3. The highest BCUT2D eigenvalue weighted by Crippen LogP contribution is 2.24. The number of nitrogens with one attached hydrogen (secondary N) is 1. The highest BCUT2D eigenvalue weighted by atomic mass is 16.5. The standard InChI is InChI=1S/C18H17N3O3/c1-24-16-10-6-5-9-14(16)19-18(23)15-11-12-17(22)21(20-15)13-7-3-2-4-8-13/h2-10H,11-12H2,1H3,(H,19,23). The molecule has 24 heavy (non-hydrogen) atoms. The Balaban J connectivity index is 1.83. The summed E-state index contributed by atoms with van der Waals surface area (Å²) in [5, 5.41) is 8.30. The number of hydrazone groups is 1. The molecule has 0 saturated carbocycles. The highest BCUT2D eigenvalue weighted by molar-refractivity contribution is 6.44. The molecule has 2 aromatic carbocycles. The molecule has 122 valence electrons. The van der Waals surface area contributed by atoms with Crippen LogP contribution < -0.4 is 15.1 Å². The normalized spacial score (nSPS) is 14.1. The molecule has 0 saturated heterocycles. The third kappa shape index (κ3) is 3.27. The summed E-state index contributed by atoms with van der Waals surface area (Å²) in [4.78, 5) is 24.6. The van der Waals surface area contributed by atoms with Crippen molar-refractivity contribution in [1.29, 1.82) is 0 Å². The summed E-state index contributed by atoms with van der Waals surface area (Å²) >= 11 is 0. The summed E-state index contributed by atoms with van der Waals surface area (Å²) in [5.74, 6) is 0.0984. The zero-order valence-electron chi connectivity index (χ0n) is 13.2. The van der Waals surface area contributed by atoms with E-state index in [4.69, 9.17) is 4.74 Å². The van der Waals surface area contributed by atoms with Gasteiger partial charge in [0.25, 0.3) is 5.91 Å². The van der Waals surface area contributed by atoms with Crippen LogP contribution in [0, 0.1) is 0 Å². The van der Waals surface area contributed by atoms with Crippen molar-refractivity contribution in [2.75, 3.05) is 17.4 Å². The lowest BCUT2D eigenvalue weighted by Gasteiger charge is -2.23. The van der Waals surface area contributed by atoms with Gasteiger partial charge in [0.1, 0.15) is 11.5 Å². The Bertz CT molecular complexity index is 787. The second-order valence-corrected chi connectivity index (χ2v) is 5.24. The molecular formula is C18H17N3O3. The lowest BCUT2D eigenvalue weighted by atomic mass is 10.1. The Hall–Kier alpha value is -3.15. The molecule has 0 fully saturated rings. The van der Waals surface area contributed by atoms with Gasteiger partial charge >= 0.3 is 0 Å². The van der Waals surface area contributed by atoms with E-state index in [2.05, 4.69) is 10.4 Å². The van der Waals surface area contributed by atoms with Crippen molar-refractivity contribution in [3.05, 3.63) is 54.6 Å². The number of carbonyl (C=O) groups is 2. The number of amides is 2. The zero-order valence-corrected chi connectivity index (χ0v) is 13.2. The van der Waals surface area contributed by atoms with Crippen molar-refractivity contribution in [1.82, 2.24) is 0 Å². The first-order valence-corrected chi connectivity index (χ1v) is 7.59. The van der Waals surface area contributed by atoms with E-state index >= 15 is 0 Å². The molecule has 6 nitrogen and oxygen atoms in total. The maximum Gasteiger partial charge on any atom is 0.271 e. The van der Waals surface area contributed by atoms with Gasteiger partial charge in [-0.2, -0.15) is 5.10 Å². The largest absolute Gasteiger partial charge is 0.495 e. The minimum atomic E-state index is -0.340. The van der Waals surface area contributed by atoms with Crippen molar-refractivity contribution in [2.24, 2.45) is 5.10 Å². The van der Waals surface area contributed by atoms with Crippen LogP contribution in [0.5, 0.6) is 5.75 Å². The van der Waals surface area contributed by atoms with E-state index in [9.17, 15) is 9.59 Å². The summed E-state index contributed by atoms with van der Waals surface area (Å²) in [6.45, 7) is 0. The number of hydrogen-bond acceptors (Lipinski definition) is 4. The molecule has 0 bridgehead atoms. The third-order valence-corrected chi connectivity index (χ3v) is 3.65.